The first-order chi connectivity index (χ1) is 11.6. The topological polar surface area (TPSA) is 120 Å². The summed E-state index contributed by atoms with van der Waals surface area (Å²) in [4.78, 5) is 28.3. The average Bonchev–Trinajstić information content (AvgIpc) is 2.91. The fraction of sp³-hybridized carbons (Fsp3) is 0.286. The smallest absolute Gasteiger partial charge is 0.312 e. The molecule has 0 fully saturated rings. The van der Waals surface area contributed by atoms with E-state index in [1.54, 1.807) is 12.1 Å². The molecule has 132 valence electrons. The van der Waals surface area contributed by atoms with Crippen molar-refractivity contribution in [1.82, 2.24) is 18.7 Å². The molecule has 3 heterocycles. The minimum atomic E-state index is -3.98. The third-order valence-corrected chi connectivity index (χ3v) is 5.57. The van der Waals surface area contributed by atoms with Crippen molar-refractivity contribution in [2.75, 3.05) is 0 Å². The van der Waals surface area contributed by atoms with Gasteiger partial charge in [0.2, 0.25) is 26.9 Å². The molecule has 0 amide bonds. The Morgan fingerprint density at radius 3 is 2.44 bits per heavy atom. The molecular weight excluding hydrogens is 350 g/mol. The van der Waals surface area contributed by atoms with E-state index >= 15 is 0 Å². The van der Waals surface area contributed by atoms with Crippen LogP contribution in [0.25, 0.3) is 11.2 Å². The molecule has 0 bridgehead atoms. The molecule has 3 aromatic rings. The summed E-state index contributed by atoms with van der Waals surface area (Å²) in [7, 11) is 0.133. The van der Waals surface area contributed by atoms with Crippen LogP contribution in [0.3, 0.4) is 0 Å². The number of fused-ring (bicyclic) bond motifs is 1. The van der Waals surface area contributed by atoms with Gasteiger partial charge in [-0.05, 0) is 6.07 Å². The molecule has 0 atom stereocenters. The van der Waals surface area contributed by atoms with Crippen LogP contribution in [0.2, 0.25) is 0 Å². The van der Waals surface area contributed by atoms with Crippen molar-refractivity contribution in [3.8, 4) is 0 Å². The maximum Gasteiger partial charge on any atom is 0.332 e. The molecule has 0 unspecified atom stereocenters. The molecule has 10 nitrogen and oxygen atoms in total. The van der Waals surface area contributed by atoms with Crippen molar-refractivity contribution >= 4 is 21.0 Å². The lowest BCUT2D eigenvalue weighted by molar-refractivity contribution is -0.909. The quantitative estimate of drug-likeness (QED) is 0.444. The van der Waals surface area contributed by atoms with Crippen LogP contribution in [0.1, 0.15) is 5.69 Å². The molecule has 0 aliphatic rings. The van der Waals surface area contributed by atoms with Crippen molar-refractivity contribution in [2.45, 2.75) is 10.9 Å². The second-order valence-electron chi connectivity index (χ2n) is 5.63. The van der Waals surface area contributed by atoms with Crippen molar-refractivity contribution in [1.29, 1.82) is 0 Å². The maximum atomic E-state index is 12.7. The molecule has 3 aromatic heterocycles. The van der Waals surface area contributed by atoms with E-state index in [0.717, 1.165) is 13.7 Å². The minimum Gasteiger partial charge on any atom is -0.312 e. The fourth-order valence-corrected chi connectivity index (χ4v) is 4.10. The van der Waals surface area contributed by atoms with Gasteiger partial charge in [-0.1, -0.05) is 0 Å². The summed E-state index contributed by atoms with van der Waals surface area (Å²) < 4.78 is 29.3. The van der Waals surface area contributed by atoms with Crippen LogP contribution in [0.4, 0.5) is 0 Å². The Bertz CT molecular complexity index is 1220. The highest BCUT2D eigenvalue weighted by Crippen LogP contribution is 2.17. The number of imidazole rings is 1. The molecule has 0 aliphatic carbocycles. The Hall–Kier alpha value is -2.95. The lowest BCUT2D eigenvalue weighted by atomic mass is 10.4. The van der Waals surface area contributed by atoms with Gasteiger partial charge in [0.1, 0.15) is 5.75 Å². The lowest BCUT2D eigenvalue weighted by Crippen LogP contribution is -2.37. The summed E-state index contributed by atoms with van der Waals surface area (Å²) in [5, 5.41) is 9.36. The van der Waals surface area contributed by atoms with E-state index in [9.17, 15) is 23.2 Å². The SMILES string of the molecule is Cn1c(=O)c2c(nc(S(=O)(=O)Cc3cccc[n+]3O)n2C)n(C)c1=O. The summed E-state index contributed by atoms with van der Waals surface area (Å²) in [6.45, 7) is 0. The molecule has 25 heavy (non-hydrogen) atoms. The number of rotatable bonds is 3. The summed E-state index contributed by atoms with van der Waals surface area (Å²) in [6, 6.07) is 4.59. The summed E-state index contributed by atoms with van der Waals surface area (Å²) in [5.41, 5.74) is -1.11. The first-order valence-corrected chi connectivity index (χ1v) is 8.84. The number of aryl methyl sites for hydroxylation is 2. The Balaban J connectivity index is 2.26. The molecule has 0 radical (unpaired) electrons. The van der Waals surface area contributed by atoms with Crippen LogP contribution in [-0.2, 0) is 36.7 Å². The van der Waals surface area contributed by atoms with Gasteiger partial charge >= 0.3 is 5.69 Å². The zero-order chi connectivity index (χ0) is 18.5. The van der Waals surface area contributed by atoms with Crippen LogP contribution >= 0.6 is 0 Å². The van der Waals surface area contributed by atoms with Gasteiger partial charge < -0.3 is 4.57 Å². The zero-order valence-corrected chi connectivity index (χ0v) is 14.6. The van der Waals surface area contributed by atoms with Gasteiger partial charge in [-0.25, -0.2) is 13.2 Å². The molecule has 0 spiro atoms. The minimum absolute atomic E-state index is 0.00751. The monoisotopic (exact) mass is 366 g/mol. The van der Waals surface area contributed by atoms with Crippen molar-refractivity contribution in [3.63, 3.8) is 0 Å². The van der Waals surface area contributed by atoms with Gasteiger partial charge in [-0.3, -0.25) is 19.1 Å². The Morgan fingerprint density at radius 1 is 1.12 bits per heavy atom. The molecule has 0 saturated carbocycles. The predicted molar refractivity (Wildman–Crippen MR) is 85.9 cm³/mol. The average molecular weight is 366 g/mol. The first kappa shape index (κ1) is 16.9. The normalized spacial score (nSPS) is 12.0. The number of aromatic nitrogens is 5. The molecular formula is C14H16N5O5S+. The van der Waals surface area contributed by atoms with Crippen LogP contribution in [0.5, 0.6) is 0 Å². The third-order valence-electron chi connectivity index (χ3n) is 3.97. The summed E-state index contributed by atoms with van der Waals surface area (Å²) in [5.74, 6) is -0.518. The second-order valence-corrected chi connectivity index (χ2v) is 7.51. The van der Waals surface area contributed by atoms with E-state index in [2.05, 4.69) is 4.98 Å². The molecule has 0 aliphatic heterocycles. The number of nitrogens with zero attached hydrogens (tertiary/aromatic N) is 5. The predicted octanol–water partition coefficient (Wildman–Crippen LogP) is -1.53. The van der Waals surface area contributed by atoms with Gasteiger partial charge in [-0.15, -0.1) is 0 Å². The van der Waals surface area contributed by atoms with Crippen LogP contribution < -0.4 is 16.0 Å². The van der Waals surface area contributed by atoms with Gasteiger partial charge in [0, 0.05) is 38.0 Å². The van der Waals surface area contributed by atoms with E-state index in [0.29, 0.717) is 4.73 Å². The molecule has 0 saturated heterocycles. The van der Waals surface area contributed by atoms with Crippen molar-refractivity contribution in [3.05, 3.63) is 50.9 Å². The number of pyridine rings is 1. The van der Waals surface area contributed by atoms with Crippen LogP contribution in [0, 0.1) is 0 Å². The van der Waals surface area contributed by atoms with Gasteiger partial charge in [0.05, 0.1) is 0 Å². The zero-order valence-electron chi connectivity index (χ0n) is 13.7. The maximum absolute atomic E-state index is 12.7. The largest absolute Gasteiger partial charge is 0.332 e. The van der Waals surface area contributed by atoms with Crippen molar-refractivity contribution in [2.24, 2.45) is 21.1 Å². The number of hydrogen-bond donors (Lipinski definition) is 1. The third kappa shape index (κ3) is 2.52. The molecule has 3 rings (SSSR count). The van der Waals surface area contributed by atoms with Crippen LogP contribution in [0.15, 0.2) is 39.1 Å². The van der Waals surface area contributed by atoms with E-state index in [-0.39, 0.29) is 22.0 Å². The lowest BCUT2D eigenvalue weighted by Gasteiger charge is -2.04. The Kier molecular flexibility index (Phi) is 3.75. The fourth-order valence-electron chi connectivity index (χ4n) is 2.62. The van der Waals surface area contributed by atoms with Gasteiger partial charge in [0.25, 0.3) is 5.56 Å². The summed E-state index contributed by atoms with van der Waals surface area (Å²) in [6.07, 6.45) is 1.30. The van der Waals surface area contributed by atoms with Crippen LogP contribution in [-0.4, -0.2) is 32.3 Å². The number of sulfone groups is 1. The standard InChI is InChI=1S/C14H16N5O5S/c1-16-10-11(17(2)14(21)18(3)12(10)20)15-13(16)25(23,24)8-9-6-4-5-7-19(9)22/h4-7,22H,8H2,1-3H3/q+1. The highest BCUT2D eigenvalue weighted by Gasteiger charge is 2.29. The highest BCUT2D eigenvalue weighted by molar-refractivity contribution is 7.90. The summed E-state index contributed by atoms with van der Waals surface area (Å²) >= 11 is 0. The molecule has 1 N–H and O–H groups in total. The molecule has 0 aromatic carbocycles. The second kappa shape index (κ2) is 5.55. The highest BCUT2D eigenvalue weighted by atomic mass is 32.2. The van der Waals surface area contributed by atoms with E-state index in [4.69, 9.17) is 0 Å². The van der Waals surface area contributed by atoms with Gasteiger partial charge in [-0.2, -0.15) is 4.98 Å². The number of hydrogen-bond acceptors (Lipinski definition) is 6. The van der Waals surface area contributed by atoms with Gasteiger partial charge in [0.15, 0.2) is 11.2 Å². The Labute approximate surface area is 141 Å². The van der Waals surface area contributed by atoms with Crippen molar-refractivity contribution < 1.29 is 18.4 Å². The van der Waals surface area contributed by atoms with E-state index < -0.39 is 26.8 Å². The Morgan fingerprint density at radius 2 is 1.80 bits per heavy atom. The molecule has 11 heteroatoms. The van der Waals surface area contributed by atoms with E-state index in [1.165, 1.54) is 33.4 Å². The first-order valence-electron chi connectivity index (χ1n) is 7.19. The van der Waals surface area contributed by atoms with E-state index in [1.807, 2.05) is 0 Å².